The predicted molar refractivity (Wildman–Crippen MR) is 56.7 cm³/mol. The summed E-state index contributed by atoms with van der Waals surface area (Å²) >= 11 is 0. The Kier molecular flexibility index (Phi) is 2.41. The van der Waals surface area contributed by atoms with Crippen LogP contribution in [0.2, 0.25) is 0 Å². The zero-order chi connectivity index (χ0) is 10.8. The van der Waals surface area contributed by atoms with Gasteiger partial charge in [0.25, 0.3) is 0 Å². The summed E-state index contributed by atoms with van der Waals surface area (Å²) in [5.41, 5.74) is 0.357. The van der Waals surface area contributed by atoms with E-state index >= 15 is 0 Å². The van der Waals surface area contributed by atoms with E-state index in [-0.39, 0.29) is 5.97 Å². The fraction of sp³-hybridized carbons (Fsp3) is 0.273. The Labute approximate surface area is 87.5 Å². The van der Waals surface area contributed by atoms with Crippen molar-refractivity contribution in [1.29, 1.82) is 0 Å². The lowest BCUT2D eigenvalue weighted by molar-refractivity contribution is 0.0520. The average molecular weight is 204 g/mol. The molecule has 0 fully saturated rings. The number of carbonyl (C=O) groups is 1. The number of aromatic nitrogens is 2. The third kappa shape index (κ3) is 1.83. The van der Waals surface area contributed by atoms with Crippen LogP contribution in [-0.2, 0) is 11.8 Å². The lowest BCUT2D eigenvalue weighted by Crippen LogP contribution is -2.06. The first-order chi connectivity index (χ1) is 7.20. The molecular formula is C11H12N2O2. The zero-order valence-electron chi connectivity index (χ0n) is 8.73. The summed E-state index contributed by atoms with van der Waals surface area (Å²) in [6, 6.07) is 1.74. The van der Waals surface area contributed by atoms with E-state index in [4.69, 9.17) is 4.74 Å². The number of hydrogen-bond donors (Lipinski definition) is 0. The fourth-order valence-electron chi connectivity index (χ4n) is 1.49. The molecule has 0 amide bonds. The van der Waals surface area contributed by atoms with E-state index in [1.165, 1.54) is 0 Å². The van der Waals surface area contributed by atoms with Gasteiger partial charge in [-0.3, -0.25) is 0 Å². The van der Waals surface area contributed by atoms with Crippen LogP contribution >= 0.6 is 0 Å². The van der Waals surface area contributed by atoms with E-state index < -0.39 is 0 Å². The van der Waals surface area contributed by atoms with Crippen LogP contribution in [0.3, 0.4) is 0 Å². The van der Waals surface area contributed by atoms with E-state index in [0.29, 0.717) is 12.3 Å². The SMILES string of the molecule is CCOC(=O)c1cc2cn(C)cc2cn1. The van der Waals surface area contributed by atoms with Crippen molar-refractivity contribution in [3.8, 4) is 0 Å². The second-order valence-corrected chi connectivity index (χ2v) is 3.34. The number of esters is 1. The summed E-state index contributed by atoms with van der Waals surface area (Å²) in [6.45, 7) is 2.15. The summed E-state index contributed by atoms with van der Waals surface area (Å²) in [5.74, 6) is -0.372. The van der Waals surface area contributed by atoms with Gasteiger partial charge in [-0.2, -0.15) is 0 Å². The Hall–Kier alpha value is -1.84. The zero-order valence-corrected chi connectivity index (χ0v) is 8.73. The first kappa shape index (κ1) is 9.71. The van der Waals surface area contributed by atoms with Gasteiger partial charge in [-0.1, -0.05) is 0 Å². The number of carbonyl (C=O) groups excluding carboxylic acids is 1. The Bertz CT molecular complexity index is 502. The smallest absolute Gasteiger partial charge is 0.356 e. The molecule has 0 radical (unpaired) electrons. The number of fused-ring (bicyclic) bond motifs is 1. The molecule has 2 aromatic rings. The van der Waals surface area contributed by atoms with Crippen molar-refractivity contribution in [2.24, 2.45) is 7.05 Å². The number of nitrogens with zero attached hydrogens (tertiary/aromatic N) is 2. The van der Waals surface area contributed by atoms with Gasteiger partial charge in [0, 0.05) is 36.4 Å². The fourth-order valence-corrected chi connectivity index (χ4v) is 1.49. The van der Waals surface area contributed by atoms with Gasteiger partial charge in [-0.15, -0.1) is 0 Å². The minimum atomic E-state index is -0.372. The van der Waals surface area contributed by atoms with Crippen LogP contribution in [0.15, 0.2) is 24.7 Å². The van der Waals surface area contributed by atoms with Gasteiger partial charge in [0.2, 0.25) is 0 Å². The molecule has 0 bridgehead atoms. The molecule has 2 rings (SSSR count). The highest BCUT2D eigenvalue weighted by molar-refractivity contribution is 5.92. The monoisotopic (exact) mass is 204 g/mol. The highest BCUT2D eigenvalue weighted by Crippen LogP contribution is 2.14. The van der Waals surface area contributed by atoms with Gasteiger partial charge < -0.3 is 9.30 Å². The van der Waals surface area contributed by atoms with Crippen molar-refractivity contribution in [3.63, 3.8) is 0 Å². The third-order valence-electron chi connectivity index (χ3n) is 2.14. The molecule has 0 unspecified atom stereocenters. The largest absolute Gasteiger partial charge is 0.461 e. The molecule has 0 aliphatic carbocycles. The minimum absolute atomic E-state index is 0.357. The van der Waals surface area contributed by atoms with Gasteiger partial charge in [0.15, 0.2) is 0 Å². The van der Waals surface area contributed by atoms with E-state index in [1.54, 1.807) is 19.2 Å². The highest BCUT2D eigenvalue weighted by Gasteiger charge is 2.09. The summed E-state index contributed by atoms with van der Waals surface area (Å²) in [4.78, 5) is 15.5. The van der Waals surface area contributed by atoms with Crippen LogP contribution in [0.5, 0.6) is 0 Å². The van der Waals surface area contributed by atoms with E-state index in [9.17, 15) is 4.79 Å². The summed E-state index contributed by atoms with van der Waals surface area (Å²) < 4.78 is 6.81. The van der Waals surface area contributed by atoms with Crippen molar-refractivity contribution in [2.75, 3.05) is 6.61 Å². The quantitative estimate of drug-likeness (QED) is 0.700. The number of ether oxygens (including phenoxy) is 1. The van der Waals surface area contributed by atoms with E-state index in [0.717, 1.165) is 10.8 Å². The molecule has 2 heterocycles. The predicted octanol–water partition coefficient (Wildman–Crippen LogP) is 1.75. The topological polar surface area (TPSA) is 44.1 Å². The highest BCUT2D eigenvalue weighted by atomic mass is 16.5. The molecule has 0 N–H and O–H groups in total. The standard InChI is InChI=1S/C11H12N2O2/c1-3-15-11(14)10-4-8-6-13(2)7-9(8)5-12-10/h4-7H,3H2,1-2H3. The van der Waals surface area contributed by atoms with Gasteiger partial charge >= 0.3 is 5.97 Å². The molecule has 15 heavy (non-hydrogen) atoms. The van der Waals surface area contributed by atoms with Gasteiger partial charge in [-0.05, 0) is 13.0 Å². The van der Waals surface area contributed by atoms with Crippen molar-refractivity contribution in [1.82, 2.24) is 9.55 Å². The first-order valence-corrected chi connectivity index (χ1v) is 4.79. The Morgan fingerprint density at radius 1 is 1.47 bits per heavy atom. The van der Waals surface area contributed by atoms with Crippen molar-refractivity contribution >= 4 is 16.7 Å². The Morgan fingerprint density at radius 3 is 2.93 bits per heavy atom. The molecule has 0 saturated heterocycles. The summed E-state index contributed by atoms with van der Waals surface area (Å²) in [6.07, 6.45) is 5.58. The third-order valence-corrected chi connectivity index (χ3v) is 2.14. The maximum atomic E-state index is 11.4. The van der Waals surface area contributed by atoms with Crippen molar-refractivity contribution < 1.29 is 9.53 Å². The second kappa shape index (κ2) is 3.73. The van der Waals surface area contributed by atoms with Crippen LogP contribution < -0.4 is 0 Å². The molecule has 0 aromatic carbocycles. The maximum absolute atomic E-state index is 11.4. The second-order valence-electron chi connectivity index (χ2n) is 3.34. The van der Waals surface area contributed by atoms with Crippen molar-refractivity contribution in [2.45, 2.75) is 6.92 Å². The van der Waals surface area contributed by atoms with Crippen LogP contribution in [0.4, 0.5) is 0 Å². The molecule has 4 nitrogen and oxygen atoms in total. The van der Waals surface area contributed by atoms with Crippen molar-refractivity contribution in [3.05, 3.63) is 30.4 Å². The van der Waals surface area contributed by atoms with Crippen LogP contribution in [0, 0.1) is 0 Å². The van der Waals surface area contributed by atoms with Crippen LogP contribution in [0.1, 0.15) is 17.4 Å². The number of hydrogen-bond acceptors (Lipinski definition) is 3. The van der Waals surface area contributed by atoms with Gasteiger partial charge in [0.05, 0.1) is 6.61 Å². The van der Waals surface area contributed by atoms with Crippen LogP contribution in [-0.4, -0.2) is 22.1 Å². The molecule has 4 heteroatoms. The lowest BCUT2D eigenvalue weighted by Gasteiger charge is -1.99. The number of rotatable bonds is 2. The minimum Gasteiger partial charge on any atom is -0.461 e. The molecule has 0 aliphatic heterocycles. The number of pyridine rings is 1. The lowest BCUT2D eigenvalue weighted by atomic mass is 10.2. The summed E-state index contributed by atoms with van der Waals surface area (Å²) in [7, 11) is 1.93. The molecule has 2 aromatic heterocycles. The maximum Gasteiger partial charge on any atom is 0.356 e. The Morgan fingerprint density at radius 2 is 2.20 bits per heavy atom. The van der Waals surface area contributed by atoms with Crippen LogP contribution in [0.25, 0.3) is 10.8 Å². The number of aryl methyl sites for hydroxylation is 1. The molecule has 0 spiro atoms. The van der Waals surface area contributed by atoms with E-state index in [2.05, 4.69) is 4.98 Å². The van der Waals surface area contributed by atoms with Gasteiger partial charge in [-0.25, -0.2) is 9.78 Å². The molecular weight excluding hydrogens is 192 g/mol. The van der Waals surface area contributed by atoms with Gasteiger partial charge in [0.1, 0.15) is 5.69 Å². The molecule has 0 saturated carbocycles. The molecule has 0 atom stereocenters. The first-order valence-electron chi connectivity index (χ1n) is 4.79. The average Bonchev–Trinajstić information content (AvgIpc) is 2.57. The molecule has 0 aliphatic rings. The normalized spacial score (nSPS) is 10.5. The van der Waals surface area contributed by atoms with E-state index in [1.807, 2.05) is 24.0 Å². The Balaban J connectivity index is 2.41. The summed E-state index contributed by atoms with van der Waals surface area (Å²) in [5, 5.41) is 2.01. The molecule has 78 valence electrons.